The van der Waals surface area contributed by atoms with E-state index in [0.717, 1.165) is 136 Å². The van der Waals surface area contributed by atoms with E-state index in [9.17, 15) is 0 Å². The van der Waals surface area contributed by atoms with Crippen molar-refractivity contribution in [2.45, 2.75) is 612 Å². The van der Waals surface area contributed by atoms with Crippen molar-refractivity contribution in [2.75, 3.05) is 0 Å². The van der Waals surface area contributed by atoms with Crippen molar-refractivity contribution in [3.05, 3.63) is 0 Å². The molecular formula is C124H260. The Labute approximate surface area is 797 Å². The maximum Gasteiger partial charge on any atom is -0.0354 e. The van der Waals surface area contributed by atoms with E-state index in [1.807, 2.05) is 0 Å². The van der Waals surface area contributed by atoms with Crippen LogP contribution in [0.1, 0.15) is 612 Å². The summed E-state index contributed by atoms with van der Waals surface area (Å²) in [6.45, 7) is 130. The van der Waals surface area contributed by atoms with E-state index in [4.69, 9.17) is 0 Å². The second kappa shape index (κ2) is 67.2. The van der Waals surface area contributed by atoms with Gasteiger partial charge in [-0.25, -0.2) is 0 Å². The lowest BCUT2D eigenvalue weighted by Crippen LogP contribution is -2.33. The Morgan fingerprint density at radius 1 is 0.234 bits per heavy atom. The molecular weight excluding hydrogens is 1490 g/mol. The van der Waals surface area contributed by atoms with Crippen LogP contribution in [0.25, 0.3) is 0 Å². The monoisotopic (exact) mass is 1750 g/mol. The molecule has 3 fully saturated rings. The first-order valence-electron chi connectivity index (χ1n) is 56.1. The molecule has 3 rings (SSSR count). The predicted molar refractivity (Wildman–Crippen MR) is 583 cm³/mol. The van der Waals surface area contributed by atoms with Gasteiger partial charge in [-0.05, 0) is 248 Å². The van der Waals surface area contributed by atoms with E-state index in [1.54, 1.807) is 0 Å². The summed E-state index contributed by atoms with van der Waals surface area (Å²) in [5.41, 5.74) is 4.65. The molecule has 0 aromatic rings. The molecule has 0 aromatic heterocycles. The highest BCUT2D eigenvalue weighted by Gasteiger charge is 2.38. The summed E-state index contributed by atoms with van der Waals surface area (Å²) in [6, 6.07) is 0. The molecule has 0 spiro atoms. The van der Waals surface area contributed by atoms with Gasteiger partial charge in [-0.1, -0.05) is 554 Å². The molecule has 3 aliphatic rings. The molecule has 0 radical (unpaired) electrons. The fraction of sp³-hybridized carbons (Fsp3) is 1.00. The van der Waals surface area contributed by atoms with Crippen LogP contribution in [0.15, 0.2) is 0 Å². The maximum absolute atomic E-state index is 2.57. The molecule has 3 aliphatic carbocycles. The van der Waals surface area contributed by atoms with Crippen LogP contribution >= 0.6 is 0 Å². The van der Waals surface area contributed by atoms with Gasteiger partial charge in [-0.2, -0.15) is 0 Å². The Balaban J connectivity index is -0.000000317. The standard InChI is InChI=1S/C19H40.C16H30.2C15H32.C13H28.2C12H26.C11H22.C11H24/c1-14(17(3,4)5)12-16(19(9,10)11)13-15(2)18(6,7)8;1-12-8-4-6-10-15(12)14(3)16-11-7-5-9-13(16)2;1-9-13(15(6,7)8)11-10-12(2)14(3,4)5;1-9-10-13(15(6,7)8)11-12(2)14(3,4)5;1-10(2)12(5)8-7-9-13(6)11(3)4;1-7-10(2)8-9-11(3)12(4,5)6;1-7-11(12(4,5)6)9-8-10(2)3;1-3-4-8-11-9-6-5-7-10(11)2;1-6-8-10(9-7-2)11(3,4)5/h14-16H,12-13H2,1-11H3;12-16H,4-11H2,1-3H3;2*12-13H,9-11H2,1-8H3;10-13H,7-9H2,1-6H3;2*10-11H,7-9H2,1-6H3;10-11H,3-9H2,1-2H3;10H,6-9H2,1-5H3/t14-,15+,16?;12-,13+,14?,15?,16?;2*12-,13?;12-,13+;10?,11-;;10-,11?;/m..11.1.0./s1. The molecule has 0 heterocycles. The Morgan fingerprint density at radius 3 is 0.774 bits per heavy atom. The third kappa shape index (κ3) is 68.9. The van der Waals surface area contributed by atoms with Crippen LogP contribution in [-0.2, 0) is 0 Å². The van der Waals surface area contributed by atoms with E-state index >= 15 is 0 Å². The third-order valence-electron chi connectivity index (χ3n) is 34.7. The first-order chi connectivity index (χ1) is 56.1. The molecule has 0 aliphatic heterocycles. The number of rotatable bonds is 35. The SMILES string of the molecule is CC(C)[C@H](C)CCC[C@H](C)C(C)C.CC(C1CCCC[C@H]1C)C1CCCC[C@@H]1C.CCC(C)CC[C@@H](C)C(C)(C)C.CCC(CCC(C)C)C(C)(C)C.CCC(CC[C@@H](C)C(C)(C)C)C(C)(C)C.CCCC(CCC)C(C)(C)C.CCCC(C[C@@H](C)C(C)(C)C)C(C)(C)C.CCCCC1CCCC[C@@H]1C.C[C@H](CC(C[C@H](C)C(C)(C)C)C(C)(C)C)C(C)(C)C. The molecule has 9 unspecified atom stereocenters. The Morgan fingerprint density at radius 2 is 0.516 bits per heavy atom. The summed E-state index contributed by atoms with van der Waals surface area (Å²) in [5.74, 6) is 20.9. The molecule has 0 nitrogen and oxygen atoms in total. The number of hydrogen-bond donors (Lipinski definition) is 0. The summed E-state index contributed by atoms with van der Waals surface area (Å²) >= 11 is 0. The van der Waals surface area contributed by atoms with Crippen molar-refractivity contribution in [1.82, 2.24) is 0 Å². The van der Waals surface area contributed by atoms with Crippen molar-refractivity contribution in [2.24, 2.45) is 190 Å². The van der Waals surface area contributed by atoms with Gasteiger partial charge < -0.3 is 0 Å². The average molecular weight is 1750 g/mol. The molecule has 756 valence electrons. The van der Waals surface area contributed by atoms with E-state index in [1.165, 1.54) is 231 Å². The van der Waals surface area contributed by atoms with Crippen molar-refractivity contribution in [3.8, 4) is 0 Å². The predicted octanol–water partition coefficient (Wildman–Crippen LogP) is 45.1. The van der Waals surface area contributed by atoms with Crippen LogP contribution in [0.2, 0.25) is 0 Å². The van der Waals surface area contributed by atoms with Gasteiger partial charge in [-0.3, -0.25) is 0 Å². The largest absolute Gasteiger partial charge is 0.0654 e. The van der Waals surface area contributed by atoms with Gasteiger partial charge >= 0.3 is 0 Å². The van der Waals surface area contributed by atoms with E-state index < -0.39 is 0 Å². The first kappa shape index (κ1) is 135. The highest BCUT2D eigenvalue weighted by molar-refractivity contribution is 4.88. The normalized spacial score (nSPS) is 21.6. The summed E-state index contributed by atoms with van der Waals surface area (Å²) in [5, 5.41) is 0. The molecule has 0 amide bonds. The fourth-order valence-electron chi connectivity index (χ4n) is 19.5. The van der Waals surface area contributed by atoms with Gasteiger partial charge in [0.1, 0.15) is 0 Å². The summed E-state index contributed by atoms with van der Waals surface area (Å²) in [4.78, 5) is 0. The lowest BCUT2D eigenvalue weighted by molar-refractivity contribution is 0.0843. The van der Waals surface area contributed by atoms with Crippen LogP contribution in [0.4, 0.5) is 0 Å². The van der Waals surface area contributed by atoms with Crippen LogP contribution in [0, 0.1) is 190 Å². The van der Waals surface area contributed by atoms with Crippen molar-refractivity contribution in [3.63, 3.8) is 0 Å². The minimum absolute atomic E-state index is 0.416. The third-order valence-corrected chi connectivity index (χ3v) is 34.7. The summed E-state index contributed by atoms with van der Waals surface area (Å²) in [7, 11) is 0. The van der Waals surface area contributed by atoms with E-state index in [-0.39, 0.29) is 0 Å². The molecule has 0 aromatic carbocycles. The molecule has 0 N–H and O–H groups in total. The second-order valence-corrected chi connectivity index (χ2v) is 56.4. The topological polar surface area (TPSA) is 0 Å². The van der Waals surface area contributed by atoms with Crippen molar-refractivity contribution >= 4 is 0 Å². The lowest BCUT2D eigenvalue weighted by Gasteiger charge is -2.41. The fourth-order valence-corrected chi connectivity index (χ4v) is 19.5. The smallest absolute Gasteiger partial charge is 0.0354 e. The summed E-state index contributed by atoms with van der Waals surface area (Å²) in [6.07, 6.45) is 51.1. The Kier molecular flexibility index (Phi) is 73.1. The minimum Gasteiger partial charge on any atom is -0.0654 e. The molecule has 0 heteroatoms. The van der Waals surface area contributed by atoms with Gasteiger partial charge in [0.25, 0.3) is 0 Å². The number of hydrogen-bond acceptors (Lipinski definition) is 0. The van der Waals surface area contributed by atoms with Crippen LogP contribution in [-0.4, -0.2) is 0 Å². The first-order valence-corrected chi connectivity index (χ1v) is 56.1. The van der Waals surface area contributed by atoms with Gasteiger partial charge in [0.15, 0.2) is 0 Å². The Hall–Kier alpha value is 0. The highest BCUT2D eigenvalue weighted by Crippen LogP contribution is 2.48. The zero-order valence-corrected chi connectivity index (χ0v) is 98.7. The molecule has 0 bridgehead atoms. The van der Waals surface area contributed by atoms with Gasteiger partial charge in [0, 0.05) is 0 Å². The molecule has 3 saturated carbocycles. The van der Waals surface area contributed by atoms with E-state index in [0.29, 0.717) is 54.1 Å². The molecule has 0 saturated heterocycles. The van der Waals surface area contributed by atoms with Crippen molar-refractivity contribution < 1.29 is 0 Å². The van der Waals surface area contributed by atoms with Gasteiger partial charge in [-0.15, -0.1) is 0 Å². The van der Waals surface area contributed by atoms with E-state index in [2.05, 4.69) is 381 Å². The zero-order chi connectivity index (χ0) is 98.7. The van der Waals surface area contributed by atoms with Crippen LogP contribution in [0.5, 0.6) is 0 Å². The molecule has 19 atom stereocenters. The maximum atomic E-state index is 2.57. The van der Waals surface area contributed by atoms with Crippen LogP contribution < -0.4 is 0 Å². The second-order valence-electron chi connectivity index (χ2n) is 56.4. The summed E-state index contributed by atoms with van der Waals surface area (Å²) < 4.78 is 0. The minimum atomic E-state index is 0.416. The van der Waals surface area contributed by atoms with Gasteiger partial charge in [0.2, 0.25) is 0 Å². The van der Waals surface area contributed by atoms with Crippen LogP contribution in [0.3, 0.4) is 0 Å². The average Bonchev–Trinajstić information content (AvgIpc) is 0.833. The lowest BCUT2D eigenvalue weighted by atomic mass is 9.64. The quantitative estimate of drug-likeness (QED) is 0.0593. The Bertz CT molecular complexity index is 2270. The van der Waals surface area contributed by atoms with Gasteiger partial charge in [0.05, 0.1) is 0 Å². The molecule has 124 heavy (non-hydrogen) atoms. The highest BCUT2D eigenvalue weighted by atomic mass is 14.4. The number of unbranched alkanes of at least 4 members (excludes halogenated alkanes) is 1. The van der Waals surface area contributed by atoms with Crippen molar-refractivity contribution in [1.29, 1.82) is 0 Å². The zero-order valence-electron chi connectivity index (χ0n) is 98.7.